The molecular weight excluding hydrogens is 476 g/mol. The average molecular weight is 495 g/mol. The first-order chi connectivity index (χ1) is 15.6. The number of nitrogens with zero attached hydrogens (tertiary/aromatic N) is 4. The summed E-state index contributed by atoms with van der Waals surface area (Å²) >= 11 is 3.41. The fourth-order valence-corrected chi connectivity index (χ4v) is 3.96. The molecule has 4 aromatic rings. The van der Waals surface area contributed by atoms with E-state index in [1.54, 1.807) is 10.6 Å². The van der Waals surface area contributed by atoms with Crippen LogP contribution in [0.25, 0.3) is 22.3 Å². The Morgan fingerprint density at radius 1 is 1.16 bits per heavy atom. The predicted molar refractivity (Wildman–Crippen MR) is 120 cm³/mol. The zero-order valence-corrected chi connectivity index (χ0v) is 18.6. The Morgan fingerprint density at radius 3 is 2.81 bits per heavy atom. The van der Waals surface area contributed by atoms with Gasteiger partial charge in [0.15, 0.2) is 6.61 Å². The fourth-order valence-electron chi connectivity index (χ4n) is 3.56. The van der Waals surface area contributed by atoms with Crippen LogP contribution in [0.1, 0.15) is 37.0 Å². The van der Waals surface area contributed by atoms with E-state index in [-0.39, 0.29) is 30.5 Å². The van der Waals surface area contributed by atoms with Gasteiger partial charge in [-0.05, 0) is 37.1 Å². The number of ether oxygens (including phenoxy) is 1. The van der Waals surface area contributed by atoms with Gasteiger partial charge >= 0.3 is 5.97 Å². The summed E-state index contributed by atoms with van der Waals surface area (Å²) in [4.78, 5) is 34.1. The molecule has 0 atom stereocenters. The molecule has 2 heterocycles. The highest BCUT2D eigenvalue weighted by Crippen LogP contribution is 2.35. The van der Waals surface area contributed by atoms with E-state index in [9.17, 15) is 9.59 Å². The maximum atomic E-state index is 12.9. The van der Waals surface area contributed by atoms with E-state index in [1.807, 2.05) is 42.5 Å². The third-order valence-corrected chi connectivity index (χ3v) is 5.75. The number of rotatable bonds is 7. The molecule has 0 amide bonds. The van der Waals surface area contributed by atoms with E-state index < -0.39 is 5.97 Å². The van der Waals surface area contributed by atoms with E-state index in [2.05, 4.69) is 31.1 Å². The first-order valence-corrected chi connectivity index (χ1v) is 11.1. The van der Waals surface area contributed by atoms with Crippen molar-refractivity contribution in [2.75, 3.05) is 0 Å². The minimum absolute atomic E-state index is 0.0487. The lowest BCUT2D eigenvalue weighted by Crippen LogP contribution is -2.25. The summed E-state index contributed by atoms with van der Waals surface area (Å²) in [7, 11) is 0. The average Bonchev–Trinajstić information content (AvgIpc) is 3.52. The molecule has 0 saturated heterocycles. The maximum Gasteiger partial charge on any atom is 0.306 e. The molecule has 5 rings (SSSR count). The molecule has 1 aliphatic rings. The van der Waals surface area contributed by atoms with Gasteiger partial charge in [-0.1, -0.05) is 45.4 Å². The molecule has 0 spiro atoms. The summed E-state index contributed by atoms with van der Waals surface area (Å²) in [6, 6.07) is 15.0. The summed E-state index contributed by atoms with van der Waals surface area (Å²) in [5.41, 5.74) is 1.39. The van der Waals surface area contributed by atoms with Crippen LogP contribution in [0.5, 0.6) is 0 Å². The van der Waals surface area contributed by atoms with Gasteiger partial charge in [-0.25, -0.2) is 4.98 Å². The van der Waals surface area contributed by atoms with Crippen LogP contribution < -0.4 is 5.56 Å². The molecule has 0 bridgehead atoms. The van der Waals surface area contributed by atoms with Crippen LogP contribution in [0.2, 0.25) is 0 Å². The Balaban J connectivity index is 1.24. The van der Waals surface area contributed by atoms with Crippen molar-refractivity contribution in [3.8, 4) is 11.4 Å². The second kappa shape index (κ2) is 8.66. The quantitative estimate of drug-likeness (QED) is 0.354. The lowest BCUT2D eigenvalue weighted by atomic mass is 10.2. The van der Waals surface area contributed by atoms with Gasteiger partial charge in [0, 0.05) is 22.5 Å². The molecule has 0 unspecified atom stereocenters. The van der Waals surface area contributed by atoms with Crippen LogP contribution in [0, 0.1) is 0 Å². The van der Waals surface area contributed by atoms with Crippen molar-refractivity contribution in [2.45, 2.75) is 38.3 Å². The Kier molecular flexibility index (Phi) is 5.57. The number of hydrogen-bond donors (Lipinski definition) is 0. The lowest BCUT2D eigenvalue weighted by Gasteiger charge is -2.12. The third-order valence-electron chi connectivity index (χ3n) is 5.25. The summed E-state index contributed by atoms with van der Waals surface area (Å²) < 4.78 is 13.1. The summed E-state index contributed by atoms with van der Waals surface area (Å²) in [6.45, 7) is -0.111. The molecule has 9 heteroatoms. The predicted octanol–water partition coefficient (Wildman–Crippen LogP) is 4.22. The van der Waals surface area contributed by atoms with Crippen molar-refractivity contribution in [3.63, 3.8) is 0 Å². The molecule has 1 saturated carbocycles. The number of fused-ring (bicyclic) bond motifs is 1. The van der Waals surface area contributed by atoms with Crippen molar-refractivity contribution in [1.29, 1.82) is 0 Å². The van der Waals surface area contributed by atoms with Gasteiger partial charge in [0.1, 0.15) is 5.82 Å². The minimum Gasteiger partial charge on any atom is -0.456 e. The normalized spacial score (nSPS) is 13.4. The van der Waals surface area contributed by atoms with Crippen LogP contribution in [0.3, 0.4) is 0 Å². The van der Waals surface area contributed by atoms with Gasteiger partial charge in [0.05, 0.1) is 17.3 Å². The number of hydrogen-bond acceptors (Lipinski definition) is 7. The first-order valence-electron chi connectivity index (χ1n) is 10.3. The second-order valence-electron chi connectivity index (χ2n) is 7.63. The SMILES string of the molecule is O=C(CCc1nc2ccccc2c(=O)n1C1CC1)OCc1nc(-c2cccc(Br)c2)no1. The summed E-state index contributed by atoms with van der Waals surface area (Å²) in [5, 5.41) is 4.53. The van der Waals surface area contributed by atoms with Crippen molar-refractivity contribution in [1.82, 2.24) is 19.7 Å². The zero-order chi connectivity index (χ0) is 22.1. The molecule has 8 nitrogen and oxygen atoms in total. The Morgan fingerprint density at radius 2 is 2.00 bits per heavy atom. The molecule has 32 heavy (non-hydrogen) atoms. The number of aromatic nitrogens is 4. The van der Waals surface area contributed by atoms with Crippen molar-refractivity contribution >= 4 is 32.8 Å². The van der Waals surface area contributed by atoms with E-state index in [4.69, 9.17) is 9.26 Å². The zero-order valence-electron chi connectivity index (χ0n) is 17.0. The molecule has 2 aromatic heterocycles. The summed E-state index contributed by atoms with van der Waals surface area (Å²) in [5.74, 6) is 0.832. The maximum absolute atomic E-state index is 12.9. The number of aryl methyl sites for hydroxylation is 1. The molecule has 1 aliphatic carbocycles. The van der Waals surface area contributed by atoms with Crippen LogP contribution >= 0.6 is 15.9 Å². The largest absolute Gasteiger partial charge is 0.456 e. The highest BCUT2D eigenvalue weighted by molar-refractivity contribution is 9.10. The monoisotopic (exact) mass is 494 g/mol. The van der Waals surface area contributed by atoms with E-state index in [1.165, 1.54) is 0 Å². The van der Waals surface area contributed by atoms with Crippen molar-refractivity contribution in [3.05, 3.63) is 75.1 Å². The number of carbonyl (C=O) groups is 1. The lowest BCUT2D eigenvalue weighted by molar-refractivity contribution is -0.145. The van der Waals surface area contributed by atoms with Crippen LogP contribution in [0.4, 0.5) is 0 Å². The third kappa shape index (κ3) is 4.34. The molecule has 1 fully saturated rings. The smallest absolute Gasteiger partial charge is 0.306 e. The molecule has 0 N–H and O–H groups in total. The molecule has 162 valence electrons. The molecule has 2 aromatic carbocycles. The van der Waals surface area contributed by atoms with Crippen LogP contribution in [-0.2, 0) is 22.6 Å². The number of esters is 1. The topological polar surface area (TPSA) is 100 Å². The number of para-hydroxylation sites is 1. The Bertz CT molecular complexity index is 1360. The summed E-state index contributed by atoms with van der Waals surface area (Å²) in [6.07, 6.45) is 2.33. The van der Waals surface area contributed by atoms with Crippen LogP contribution in [0.15, 0.2) is 62.3 Å². The van der Waals surface area contributed by atoms with Gasteiger partial charge in [-0.3, -0.25) is 14.2 Å². The molecular formula is C23H19BrN4O4. The number of carbonyl (C=O) groups excluding carboxylic acids is 1. The van der Waals surface area contributed by atoms with Gasteiger partial charge in [0.2, 0.25) is 5.82 Å². The number of halogens is 1. The standard InChI is InChI=1S/C23H19BrN4O4/c24-15-5-3-4-14(12-15)22-26-20(32-27-22)13-31-21(29)11-10-19-25-18-7-2-1-6-17(18)23(30)28(19)16-8-9-16/h1-7,12,16H,8-11,13H2. The highest BCUT2D eigenvalue weighted by atomic mass is 79.9. The van der Waals surface area contributed by atoms with E-state index in [0.29, 0.717) is 29.0 Å². The second-order valence-corrected chi connectivity index (χ2v) is 8.55. The van der Waals surface area contributed by atoms with Crippen molar-refractivity contribution in [2.24, 2.45) is 0 Å². The highest BCUT2D eigenvalue weighted by Gasteiger charge is 2.28. The van der Waals surface area contributed by atoms with E-state index >= 15 is 0 Å². The van der Waals surface area contributed by atoms with E-state index in [0.717, 1.165) is 22.9 Å². The van der Waals surface area contributed by atoms with Crippen molar-refractivity contribution < 1.29 is 14.1 Å². The Labute approximate surface area is 191 Å². The molecule has 0 radical (unpaired) electrons. The first kappa shape index (κ1) is 20.6. The van der Waals surface area contributed by atoms with Gasteiger partial charge in [-0.2, -0.15) is 4.98 Å². The molecule has 0 aliphatic heterocycles. The van der Waals surface area contributed by atoms with Gasteiger partial charge in [-0.15, -0.1) is 0 Å². The van der Waals surface area contributed by atoms with Crippen LogP contribution in [-0.4, -0.2) is 25.7 Å². The van der Waals surface area contributed by atoms with Gasteiger partial charge < -0.3 is 9.26 Å². The minimum atomic E-state index is -0.419. The fraction of sp³-hybridized carbons (Fsp3) is 0.261. The Hall–Kier alpha value is -3.33. The number of benzene rings is 2. The van der Waals surface area contributed by atoms with Gasteiger partial charge in [0.25, 0.3) is 11.4 Å².